The van der Waals surface area contributed by atoms with Gasteiger partial charge in [0.25, 0.3) is 11.5 Å². The fourth-order valence-corrected chi connectivity index (χ4v) is 4.38. The molecule has 0 saturated carbocycles. The third-order valence-electron chi connectivity index (χ3n) is 5.94. The number of aromatic nitrogens is 2. The van der Waals surface area contributed by atoms with Gasteiger partial charge in [0.15, 0.2) is 11.5 Å². The van der Waals surface area contributed by atoms with Crippen molar-refractivity contribution in [1.29, 1.82) is 0 Å². The number of rotatable bonds is 4. The van der Waals surface area contributed by atoms with E-state index in [9.17, 15) is 9.59 Å². The minimum absolute atomic E-state index is 0.215. The molecule has 7 nitrogen and oxygen atoms in total. The first-order valence-corrected chi connectivity index (χ1v) is 10.6. The van der Waals surface area contributed by atoms with E-state index in [1.807, 2.05) is 43.3 Å². The summed E-state index contributed by atoms with van der Waals surface area (Å²) in [5.74, 6) is 1.24. The lowest BCUT2D eigenvalue weighted by Gasteiger charge is -2.19. The van der Waals surface area contributed by atoms with E-state index in [4.69, 9.17) is 14.5 Å². The number of nitrogens with one attached hydrogen (secondary N) is 1. The Morgan fingerprint density at radius 1 is 1.00 bits per heavy atom. The predicted molar refractivity (Wildman–Crippen MR) is 123 cm³/mol. The third kappa shape index (κ3) is 3.00. The normalized spacial score (nSPS) is 15.1. The fraction of sp³-hybridized carbons (Fsp3) is 0.240. The van der Waals surface area contributed by atoms with Crippen molar-refractivity contribution in [3.63, 3.8) is 0 Å². The standard InChI is InChI=1S/C25H23N3O4/c1-4-7-18-23-26-19-13-22(32-3)21(31-2)12-16(19)25(30)28(23)20-11-15-9-6-5-8-14(15)10-17(20)24(29)27-18/h5-6,8-13,18H,4,7H2,1-3H3,(H,27,29). The van der Waals surface area contributed by atoms with Crippen LogP contribution in [0.25, 0.3) is 27.4 Å². The van der Waals surface area contributed by atoms with Crippen LogP contribution in [-0.2, 0) is 0 Å². The largest absolute Gasteiger partial charge is 0.493 e. The Morgan fingerprint density at radius 2 is 1.69 bits per heavy atom. The van der Waals surface area contributed by atoms with E-state index in [0.717, 1.165) is 17.2 Å². The highest BCUT2D eigenvalue weighted by Crippen LogP contribution is 2.33. The molecule has 7 heteroatoms. The smallest absolute Gasteiger partial charge is 0.266 e. The number of hydrogen-bond acceptors (Lipinski definition) is 5. The van der Waals surface area contributed by atoms with Gasteiger partial charge in [0, 0.05) is 6.07 Å². The molecule has 1 aliphatic heterocycles. The second-order valence-corrected chi connectivity index (χ2v) is 7.87. The summed E-state index contributed by atoms with van der Waals surface area (Å²) >= 11 is 0. The van der Waals surface area contributed by atoms with Crippen LogP contribution in [0.15, 0.2) is 53.3 Å². The number of carbonyl (C=O) groups is 1. The highest BCUT2D eigenvalue weighted by atomic mass is 16.5. The zero-order valence-electron chi connectivity index (χ0n) is 18.1. The summed E-state index contributed by atoms with van der Waals surface area (Å²) in [6, 6.07) is 14.5. The number of carbonyl (C=O) groups excluding carboxylic acids is 1. The molecule has 0 radical (unpaired) electrons. The Hall–Kier alpha value is -3.87. The molecular weight excluding hydrogens is 406 g/mol. The minimum atomic E-state index is -0.395. The Labute approximate surface area is 184 Å². The maximum atomic E-state index is 13.8. The number of fused-ring (bicyclic) bond motifs is 5. The van der Waals surface area contributed by atoms with Crippen LogP contribution in [0.5, 0.6) is 11.5 Å². The number of nitrogens with zero attached hydrogens (tertiary/aromatic N) is 2. The van der Waals surface area contributed by atoms with Gasteiger partial charge in [-0.1, -0.05) is 37.6 Å². The Balaban J connectivity index is 1.91. The van der Waals surface area contributed by atoms with E-state index >= 15 is 0 Å². The summed E-state index contributed by atoms with van der Waals surface area (Å²) in [6.07, 6.45) is 1.48. The monoisotopic (exact) mass is 429 g/mol. The molecule has 3 aromatic carbocycles. The van der Waals surface area contributed by atoms with Crippen LogP contribution in [0.3, 0.4) is 0 Å². The zero-order valence-corrected chi connectivity index (χ0v) is 18.1. The molecule has 1 aliphatic rings. The Kier molecular flexibility index (Phi) is 4.81. The van der Waals surface area contributed by atoms with Crippen molar-refractivity contribution in [3.8, 4) is 17.2 Å². The number of amides is 1. The lowest BCUT2D eigenvalue weighted by atomic mass is 10.0. The van der Waals surface area contributed by atoms with E-state index in [1.54, 1.807) is 23.8 Å². The van der Waals surface area contributed by atoms with E-state index in [-0.39, 0.29) is 11.5 Å². The average molecular weight is 429 g/mol. The summed E-state index contributed by atoms with van der Waals surface area (Å²) in [5, 5.41) is 5.36. The topological polar surface area (TPSA) is 82.5 Å². The van der Waals surface area contributed by atoms with Crippen LogP contribution < -0.4 is 20.3 Å². The van der Waals surface area contributed by atoms with Gasteiger partial charge >= 0.3 is 0 Å². The van der Waals surface area contributed by atoms with E-state index in [2.05, 4.69) is 5.32 Å². The minimum Gasteiger partial charge on any atom is -0.493 e. The van der Waals surface area contributed by atoms with Crippen molar-refractivity contribution in [3.05, 3.63) is 70.3 Å². The molecule has 5 rings (SSSR count). The van der Waals surface area contributed by atoms with Gasteiger partial charge in [-0.3, -0.25) is 14.2 Å². The molecule has 0 spiro atoms. The van der Waals surface area contributed by atoms with Gasteiger partial charge in [0.2, 0.25) is 0 Å². The summed E-state index contributed by atoms with van der Waals surface area (Å²) in [7, 11) is 3.07. The van der Waals surface area contributed by atoms with Gasteiger partial charge in [-0.25, -0.2) is 4.98 Å². The van der Waals surface area contributed by atoms with E-state index < -0.39 is 6.04 Å². The lowest BCUT2D eigenvalue weighted by molar-refractivity contribution is 0.0936. The first kappa shape index (κ1) is 20.1. The van der Waals surface area contributed by atoms with Gasteiger partial charge in [0.05, 0.1) is 42.4 Å². The molecule has 1 unspecified atom stereocenters. The second-order valence-electron chi connectivity index (χ2n) is 7.87. The van der Waals surface area contributed by atoms with Crippen LogP contribution in [-0.4, -0.2) is 29.7 Å². The van der Waals surface area contributed by atoms with Gasteiger partial charge < -0.3 is 14.8 Å². The average Bonchev–Trinajstić information content (AvgIpc) is 2.92. The molecule has 0 bridgehead atoms. The van der Waals surface area contributed by atoms with Gasteiger partial charge in [0.1, 0.15) is 5.82 Å². The van der Waals surface area contributed by atoms with Crippen molar-refractivity contribution in [1.82, 2.24) is 14.9 Å². The van der Waals surface area contributed by atoms with Crippen molar-refractivity contribution >= 4 is 27.6 Å². The number of benzene rings is 3. The van der Waals surface area contributed by atoms with Crippen LogP contribution >= 0.6 is 0 Å². The predicted octanol–water partition coefficient (Wildman–Crippen LogP) is 4.14. The molecule has 0 saturated heterocycles. The van der Waals surface area contributed by atoms with Crippen LogP contribution in [0.2, 0.25) is 0 Å². The first-order valence-electron chi connectivity index (χ1n) is 10.6. The fourth-order valence-electron chi connectivity index (χ4n) is 4.38. The van der Waals surface area contributed by atoms with E-state index in [0.29, 0.717) is 45.9 Å². The number of hydrogen-bond donors (Lipinski definition) is 1. The summed E-state index contributed by atoms with van der Waals surface area (Å²) < 4.78 is 12.4. The summed E-state index contributed by atoms with van der Waals surface area (Å²) in [6.45, 7) is 2.04. The number of ether oxygens (including phenoxy) is 2. The maximum Gasteiger partial charge on any atom is 0.266 e. The molecule has 4 aromatic rings. The van der Waals surface area contributed by atoms with Crippen LogP contribution in [0.1, 0.15) is 42.0 Å². The molecule has 0 fully saturated rings. The SMILES string of the molecule is CCCC1NC(=O)c2cc3ccccc3cc2-n2c1nc1cc(OC)c(OC)cc1c2=O. The highest BCUT2D eigenvalue weighted by Gasteiger charge is 2.30. The van der Waals surface area contributed by atoms with Crippen LogP contribution in [0.4, 0.5) is 0 Å². The van der Waals surface area contributed by atoms with Gasteiger partial charge in [-0.15, -0.1) is 0 Å². The molecule has 1 atom stereocenters. The van der Waals surface area contributed by atoms with Crippen molar-refractivity contribution in [2.24, 2.45) is 0 Å². The molecule has 1 aromatic heterocycles. The molecule has 1 N–H and O–H groups in total. The first-order chi connectivity index (χ1) is 15.5. The lowest BCUT2D eigenvalue weighted by Crippen LogP contribution is -2.30. The van der Waals surface area contributed by atoms with Crippen molar-refractivity contribution < 1.29 is 14.3 Å². The van der Waals surface area contributed by atoms with Crippen molar-refractivity contribution in [2.45, 2.75) is 25.8 Å². The molecular formula is C25H23N3O4. The van der Waals surface area contributed by atoms with Crippen LogP contribution in [0, 0.1) is 0 Å². The quantitative estimate of drug-likeness (QED) is 0.527. The van der Waals surface area contributed by atoms with E-state index in [1.165, 1.54) is 7.11 Å². The summed E-state index contributed by atoms with van der Waals surface area (Å²) in [4.78, 5) is 31.9. The molecule has 162 valence electrons. The molecule has 1 amide bonds. The Morgan fingerprint density at radius 3 is 2.38 bits per heavy atom. The maximum absolute atomic E-state index is 13.8. The van der Waals surface area contributed by atoms with Gasteiger partial charge in [-0.05, 0) is 35.4 Å². The summed E-state index contributed by atoms with van der Waals surface area (Å²) in [5.41, 5.74) is 1.23. The third-order valence-corrected chi connectivity index (χ3v) is 5.94. The second kappa shape index (κ2) is 7.67. The van der Waals surface area contributed by atoms with Gasteiger partial charge in [-0.2, -0.15) is 0 Å². The molecule has 0 aliphatic carbocycles. The molecule has 32 heavy (non-hydrogen) atoms. The zero-order chi connectivity index (χ0) is 22.4. The number of methoxy groups -OCH3 is 2. The molecule has 2 heterocycles. The Bertz CT molecular complexity index is 1440. The van der Waals surface area contributed by atoms with Crippen molar-refractivity contribution in [2.75, 3.05) is 14.2 Å². The highest BCUT2D eigenvalue weighted by molar-refractivity contribution is 6.03.